The van der Waals surface area contributed by atoms with Crippen LogP contribution in [0.15, 0.2) is 150 Å². The van der Waals surface area contributed by atoms with Crippen LogP contribution < -0.4 is 5.19 Å². The van der Waals surface area contributed by atoms with Gasteiger partial charge in [0, 0.05) is 43.4 Å². The molecule has 0 aliphatic rings. The summed E-state index contributed by atoms with van der Waals surface area (Å²) in [5.74, 6) is 0.667. The first-order valence-electron chi connectivity index (χ1n) is 17.7. The van der Waals surface area contributed by atoms with Crippen molar-refractivity contribution in [1.29, 1.82) is 0 Å². The van der Waals surface area contributed by atoms with Gasteiger partial charge in [-0.15, -0.1) is 54.1 Å². The number of fused-ring (bicyclic) bond motifs is 3. The van der Waals surface area contributed by atoms with Crippen molar-refractivity contribution >= 4 is 35.2 Å². The normalized spacial score (nSPS) is 11.3. The number of pyridine rings is 2. The van der Waals surface area contributed by atoms with Crippen LogP contribution in [0, 0.1) is 18.1 Å². The standard InChI is InChI=1S/C29H18NO.C18H24NSi.Ir/c1-3-10-20(11-4-1)22-18-25(21-12-5-2-6-13-21)29-26(19-22)23-14-9-15-24(28(23)31-29)27-16-7-8-17-30-27;1-14(2)11-16-12-17(15-9-7-6-8-10-15)19-13-18(16)20(3,4)5;/h1-14,16-19H;6-9,12-14H,11H2,1-5H3;/q2*-1;. The van der Waals surface area contributed by atoms with Crippen molar-refractivity contribution in [1.82, 2.24) is 9.97 Å². The maximum absolute atomic E-state index is 6.54. The third kappa shape index (κ3) is 8.08. The number of furan rings is 1. The summed E-state index contributed by atoms with van der Waals surface area (Å²) in [4.78, 5) is 9.21. The summed E-state index contributed by atoms with van der Waals surface area (Å²) in [7, 11) is -1.34. The van der Waals surface area contributed by atoms with Crippen molar-refractivity contribution in [2.45, 2.75) is 39.9 Å². The Hall–Kier alpha value is -4.93. The SMILES string of the molecule is CC(C)Cc1cc(-c2[c-]cccc2)ncc1[Si](C)(C)C.[Ir].[c-]1ccc2c(oc3c(-c4ccccc4)cc(-c4ccccc4)cc32)c1-c1ccccn1. The van der Waals surface area contributed by atoms with E-state index < -0.39 is 8.07 Å². The van der Waals surface area contributed by atoms with Crippen LogP contribution in [0.1, 0.15) is 19.4 Å². The van der Waals surface area contributed by atoms with Gasteiger partial charge in [-0.1, -0.05) is 129 Å². The van der Waals surface area contributed by atoms with Crippen molar-refractivity contribution < 1.29 is 24.5 Å². The van der Waals surface area contributed by atoms with Gasteiger partial charge < -0.3 is 14.4 Å². The molecule has 0 aliphatic heterocycles. The molecule has 5 heteroatoms. The summed E-state index contributed by atoms with van der Waals surface area (Å²) in [6, 6.07) is 52.2. The summed E-state index contributed by atoms with van der Waals surface area (Å²) in [6.07, 6.45) is 5.04. The summed E-state index contributed by atoms with van der Waals surface area (Å²) in [5.41, 5.74) is 11.6. The Morgan fingerprint density at radius 2 is 1.35 bits per heavy atom. The molecule has 0 saturated heterocycles. The van der Waals surface area contributed by atoms with E-state index in [9.17, 15) is 0 Å². The molecule has 3 aromatic heterocycles. The first-order chi connectivity index (χ1) is 24.8. The molecular formula is C47H42IrN2OSi-2. The molecule has 0 unspecified atom stereocenters. The predicted octanol–water partition coefficient (Wildman–Crippen LogP) is 12.1. The molecule has 0 bridgehead atoms. The van der Waals surface area contributed by atoms with Gasteiger partial charge in [-0.05, 0) is 63.8 Å². The molecule has 8 aromatic rings. The Balaban J connectivity index is 0.000000193. The Labute approximate surface area is 322 Å². The van der Waals surface area contributed by atoms with Crippen LogP contribution >= 0.6 is 0 Å². The van der Waals surface area contributed by atoms with E-state index in [0.29, 0.717) is 5.92 Å². The Bertz CT molecular complexity index is 2380. The van der Waals surface area contributed by atoms with E-state index in [2.05, 4.69) is 141 Å². The van der Waals surface area contributed by atoms with Gasteiger partial charge >= 0.3 is 0 Å². The van der Waals surface area contributed by atoms with E-state index in [4.69, 9.17) is 4.42 Å². The molecule has 0 aliphatic carbocycles. The van der Waals surface area contributed by atoms with Gasteiger partial charge in [0.25, 0.3) is 0 Å². The predicted molar refractivity (Wildman–Crippen MR) is 217 cm³/mol. The minimum Gasteiger partial charge on any atom is -0.500 e. The van der Waals surface area contributed by atoms with E-state index >= 15 is 0 Å². The summed E-state index contributed by atoms with van der Waals surface area (Å²) in [5, 5.41) is 3.66. The molecule has 3 heterocycles. The molecule has 0 fully saturated rings. The van der Waals surface area contributed by atoms with E-state index in [0.717, 1.165) is 62.0 Å². The average Bonchev–Trinajstić information content (AvgIpc) is 3.54. The van der Waals surface area contributed by atoms with E-state index in [1.54, 1.807) is 6.20 Å². The van der Waals surface area contributed by atoms with Gasteiger partial charge in [-0.2, -0.15) is 0 Å². The van der Waals surface area contributed by atoms with Crippen molar-refractivity contribution in [2.75, 3.05) is 0 Å². The summed E-state index contributed by atoms with van der Waals surface area (Å²) in [6.45, 7) is 11.7. The van der Waals surface area contributed by atoms with Crippen LogP contribution in [0.2, 0.25) is 19.6 Å². The molecule has 3 nitrogen and oxygen atoms in total. The number of nitrogens with zero attached hydrogens (tertiary/aromatic N) is 2. The molecular weight excluding hydrogens is 829 g/mol. The maximum Gasteiger partial charge on any atom is 0.128 e. The fourth-order valence-corrected chi connectivity index (χ4v) is 8.24. The first-order valence-corrected chi connectivity index (χ1v) is 21.2. The van der Waals surface area contributed by atoms with E-state index in [1.807, 2.05) is 54.6 Å². The Morgan fingerprint density at radius 3 is 2.00 bits per heavy atom. The van der Waals surface area contributed by atoms with E-state index in [1.165, 1.54) is 21.9 Å². The van der Waals surface area contributed by atoms with Crippen molar-refractivity contribution in [3.05, 3.63) is 164 Å². The van der Waals surface area contributed by atoms with Crippen LogP contribution in [0.3, 0.4) is 0 Å². The molecule has 0 amide bonds. The zero-order valence-corrected chi connectivity index (χ0v) is 33.7. The fourth-order valence-electron chi connectivity index (χ4n) is 6.65. The minimum atomic E-state index is -1.34. The van der Waals surface area contributed by atoms with Crippen LogP contribution in [0.4, 0.5) is 0 Å². The number of aromatic nitrogens is 2. The second kappa shape index (κ2) is 16.2. The van der Waals surface area contributed by atoms with Gasteiger partial charge in [0.1, 0.15) is 5.58 Å². The number of hydrogen-bond donors (Lipinski definition) is 0. The zero-order valence-electron chi connectivity index (χ0n) is 30.3. The Kier molecular flexibility index (Phi) is 11.5. The van der Waals surface area contributed by atoms with Crippen molar-refractivity contribution in [2.24, 2.45) is 5.92 Å². The Morgan fingerprint density at radius 1 is 0.635 bits per heavy atom. The molecule has 0 saturated carbocycles. The van der Waals surface area contributed by atoms with Crippen molar-refractivity contribution in [3.8, 4) is 44.8 Å². The van der Waals surface area contributed by atoms with Gasteiger partial charge in [-0.3, -0.25) is 0 Å². The molecule has 0 N–H and O–H groups in total. The molecule has 0 spiro atoms. The molecule has 1 radical (unpaired) electrons. The van der Waals surface area contributed by atoms with Gasteiger partial charge in [0.15, 0.2) is 0 Å². The first kappa shape index (κ1) is 36.8. The smallest absolute Gasteiger partial charge is 0.128 e. The van der Waals surface area contributed by atoms with Crippen LogP contribution in [0.25, 0.3) is 66.7 Å². The number of hydrogen-bond acceptors (Lipinski definition) is 3. The average molecular weight is 871 g/mol. The number of benzene rings is 5. The third-order valence-corrected chi connectivity index (χ3v) is 11.1. The van der Waals surface area contributed by atoms with Crippen molar-refractivity contribution in [3.63, 3.8) is 0 Å². The van der Waals surface area contributed by atoms with Crippen LogP contribution in [-0.4, -0.2) is 18.0 Å². The van der Waals surface area contributed by atoms with Gasteiger partial charge in [-0.25, -0.2) is 0 Å². The zero-order chi connectivity index (χ0) is 35.4. The maximum atomic E-state index is 6.54. The second-order valence-corrected chi connectivity index (χ2v) is 19.4. The van der Waals surface area contributed by atoms with Gasteiger partial charge in [0.05, 0.1) is 13.7 Å². The monoisotopic (exact) mass is 871 g/mol. The summed E-state index contributed by atoms with van der Waals surface area (Å²) < 4.78 is 6.54. The molecule has 261 valence electrons. The molecule has 5 aromatic carbocycles. The van der Waals surface area contributed by atoms with Crippen LogP contribution in [-0.2, 0) is 26.5 Å². The quantitative estimate of drug-likeness (QED) is 0.118. The minimum absolute atomic E-state index is 0. The topological polar surface area (TPSA) is 38.9 Å². The molecule has 8 rings (SSSR count). The van der Waals surface area contributed by atoms with E-state index in [-0.39, 0.29) is 20.1 Å². The fraction of sp³-hybridized carbons (Fsp3) is 0.149. The number of rotatable bonds is 7. The summed E-state index contributed by atoms with van der Waals surface area (Å²) >= 11 is 0. The third-order valence-electron chi connectivity index (χ3n) is 9.06. The largest absolute Gasteiger partial charge is 0.500 e. The van der Waals surface area contributed by atoms with Gasteiger partial charge in [0.2, 0.25) is 0 Å². The second-order valence-electron chi connectivity index (χ2n) is 14.4. The molecule has 0 atom stereocenters. The molecule has 52 heavy (non-hydrogen) atoms. The van der Waals surface area contributed by atoms with Crippen LogP contribution in [0.5, 0.6) is 0 Å².